The molecule has 7 nitrogen and oxygen atoms in total. The first-order chi connectivity index (χ1) is 14.7. The lowest BCUT2D eigenvalue weighted by Crippen LogP contribution is -2.47. The molecule has 0 fully saturated rings. The van der Waals surface area contributed by atoms with E-state index >= 15 is 0 Å². The lowest BCUT2D eigenvalue weighted by molar-refractivity contribution is -0.118. The second kappa shape index (κ2) is 9.47. The first kappa shape index (κ1) is 22.1. The van der Waals surface area contributed by atoms with Gasteiger partial charge in [-0.3, -0.25) is 9.48 Å². The van der Waals surface area contributed by atoms with E-state index in [1.165, 1.54) is 0 Å². The van der Waals surface area contributed by atoms with Crippen molar-refractivity contribution in [3.05, 3.63) is 72.4 Å². The molecule has 1 atom stereocenters. The SMILES string of the molecule is Cn1ccc(-c2cccc(NC(=O)[C@H](Cc3ccccc3)NC(=O)OC(C)(C)C)c2)n1. The number of hydrogen-bond donors (Lipinski definition) is 2. The Morgan fingerprint density at radius 2 is 1.81 bits per heavy atom. The molecule has 2 N–H and O–H groups in total. The van der Waals surface area contributed by atoms with Crippen LogP contribution in [0.25, 0.3) is 11.3 Å². The van der Waals surface area contributed by atoms with Crippen LogP contribution in [0.3, 0.4) is 0 Å². The molecule has 0 aliphatic heterocycles. The predicted molar refractivity (Wildman–Crippen MR) is 121 cm³/mol. The van der Waals surface area contributed by atoms with Gasteiger partial charge in [0.25, 0.3) is 0 Å². The molecule has 0 radical (unpaired) electrons. The molecule has 1 heterocycles. The van der Waals surface area contributed by atoms with Crippen LogP contribution in [0, 0.1) is 0 Å². The van der Waals surface area contributed by atoms with Gasteiger partial charge in [-0.25, -0.2) is 4.79 Å². The number of hydrogen-bond acceptors (Lipinski definition) is 4. The molecule has 2 aromatic carbocycles. The van der Waals surface area contributed by atoms with Gasteiger partial charge in [0, 0.05) is 30.9 Å². The number of nitrogens with zero attached hydrogens (tertiary/aromatic N) is 2. The number of aryl methyl sites for hydroxylation is 1. The third-order valence-electron chi connectivity index (χ3n) is 4.43. The van der Waals surface area contributed by atoms with Crippen molar-refractivity contribution < 1.29 is 14.3 Å². The number of amides is 2. The van der Waals surface area contributed by atoms with Gasteiger partial charge in [0.05, 0.1) is 5.69 Å². The Morgan fingerprint density at radius 3 is 2.45 bits per heavy atom. The molecule has 31 heavy (non-hydrogen) atoms. The summed E-state index contributed by atoms with van der Waals surface area (Å²) in [5, 5.41) is 10.0. The monoisotopic (exact) mass is 420 g/mol. The smallest absolute Gasteiger partial charge is 0.408 e. The molecule has 0 aliphatic carbocycles. The van der Waals surface area contributed by atoms with Crippen LogP contribution in [-0.2, 0) is 23.0 Å². The molecule has 0 unspecified atom stereocenters. The van der Waals surface area contributed by atoms with E-state index < -0.39 is 17.7 Å². The molecule has 3 aromatic rings. The number of benzene rings is 2. The van der Waals surface area contributed by atoms with Gasteiger partial charge >= 0.3 is 6.09 Å². The highest BCUT2D eigenvalue weighted by Crippen LogP contribution is 2.21. The molecule has 0 aliphatic rings. The maximum absolute atomic E-state index is 13.1. The fourth-order valence-corrected chi connectivity index (χ4v) is 3.06. The first-order valence-corrected chi connectivity index (χ1v) is 10.1. The van der Waals surface area contributed by atoms with Crippen LogP contribution in [-0.4, -0.2) is 33.4 Å². The number of rotatable bonds is 6. The summed E-state index contributed by atoms with van der Waals surface area (Å²) in [7, 11) is 1.85. The molecular weight excluding hydrogens is 392 g/mol. The fourth-order valence-electron chi connectivity index (χ4n) is 3.06. The van der Waals surface area contributed by atoms with Gasteiger partial charge in [-0.15, -0.1) is 0 Å². The quantitative estimate of drug-likeness (QED) is 0.627. The van der Waals surface area contributed by atoms with Gasteiger partial charge < -0.3 is 15.4 Å². The maximum atomic E-state index is 13.1. The Labute approximate surface area is 182 Å². The van der Waals surface area contributed by atoms with E-state index in [1.54, 1.807) is 31.5 Å². The van der Waals surface area contributed by atoms with Crippen molar-refractivity contribution in [3.8, 4) is 11.3 Å². The summed E-state index contributed by atoms with van der Waals surface area (Å²) >= 11 is 0. The molecule has 0 saturated heterocycles. The van der Waals surface area contributed by atoms with Crippen molar-refractivity contribution >= 4 is 17.7 Å². The van der Waals surface area contributed by atoms with Crippen molar-refractivity contribution in [2.75, 3.05) is 5.32 Å². The number of carbonyl (C=O) groups excluding carboxylic acids is 2. The van der Waals surface area contributed by atoms with Gasteiger partial charge in [-0.1, -0.05) is 42.5 Å². The van der Waals surface area contributed by atoms with E-state index in [1.807, 2.05) is 67.8 Å². The molecule has 1 aromatic heterocycles. The highest BCUT2D eigenvalue weighted by Gasteiger charge is 2.25. The molecule has 3 rings (SSSR count). The van der Waals surface area contributed by atoms with Gasteiger partial charge in [-0.05, 0) is 44.5 Å². The summed E-state index contributed by atoms with van der Waals surface area (Å²) < 4.78 is 7.07. The van der Waals surface area contributed by atoms with Crippen LogP contribution in [0.5, 0.6) is 0 Å². The van der Waals surface area contributed by atoms with Crippen LogP contribution in [0.15, 0.2) is 66.9 Å². The topological polar surface area (TPSA) is 85.2 Å². The van der Waals surface area contributed by atoms with E-state index in [-0.39, 0.29) is 5.91 Å². The van der Waals surface area contributed by atoms with Gasteiger partial charge in [0.1, 0.15) is 11.6 Å². The number of ether oxygens (including phenoxy) is 1. The molecule has 0 bridgehead atoms. The Bertz CT molecular complexity index is 1040. The van der Waals surface area contributed by atoms with E-state index in [2.05, 4.69) is 15.7 Å². The van der Waals surface area contributed by atoms with Crippen molar-refractivity contribution in [1.29, 1.82) is 0 Å². The average molecular weight is 421 g/mol. The predicted octanol–water partition coefficient (Wildman–Crippen LogP) is 4.16. The third-order valence-corrected chi connectivity index (χ3v) is 4.43. The van der Waals surface area contributed by atoms with E-state index in [0.29, 0.717) is 12.1 Å². The molecule has 162 valence electrons. The van der Waals surface area contributed by atoms with Gasteiger partial charge in [0.2, 0.25) is 5.91 Å². The Kier molecular flexibility index (Phi) is 6.74. The minimum atomic E-state index is -0.796. The van der Waals surface area contributed by atoms with Crippen LogP contribution in [0.1, 0.15) is 26.3 Å². The van der Waals surface area contributed by atoms with E-state index in [9.17, 15) is 9.59 Å². The highest BCUT2D eigenvalue weighted by atomic mass is 16.6. The number of anilines is 1. The largest absolute Gasteiger partial charge is 0.444 e. The highest BCUT2D eigenvalue weighted by molar-refractivity contribution is 5.97. The fraction of sp³-hybridized carbons (Fsp3) is 0.292. The van der Waals surface area contributed by atoms with Crippen molar-refractivity contribution in [1.82, 2.24) is 15.1 Å². The third kappa shape index (κ3) is 6.70. The van der Waals surface area contributed by atoms with Crippen molar-refractivity contribution in [2.24, 2.45) is 7.05 Å². The summed E-state index contributed by atoms with van der Waals surface area (Å²) in [6.07, 6.45) is 1.57. The standard InChI is InChI=1S/C24H28N4O3/c1-24(2,3)31-23(30)26-21(15-17-9-6-5-7-10-17)22(29)25-19-12-8-11-18(16-19)20-13-14-28(4)27-20/h5-14,16,21H,15H2,1-4H3,(H,25,29)(H,26,30)/t21-/m0/s1. The Hall–Kier alpha value is -3.61. The molecule has 2 amide bonds. The molecule has 0 saturated carbocycles. The summed E-state index contributed by atoms with van der Waals surface area (Å²) in [5.41, 5.74) is 2.59. The second-order valence-corrected chi connectivity index (χ2v) is 8.33. The van der Waals surface area contributed by atoms with Gasteiger partial charge in [0.15, 0.2) is 0 Å². The average Bonchev–Trinajstić information content (AvgIpc) is 3.13. The number of carbonyl (C=O) groups is 2. The maximum Gasteiger partial charge on any atom is 0.408 e. The second-order valence-electron chi connectivity index (χ2n) is 8.33. The lowest BCUT2D eigenvalue weighted by atomic mass is 10.0. The van der Waals surface area contributed by atoms with Crippen LogP contribution in [0.4, 0.5) is 10.5 Å². The zero-order chi connectivity index (χ0) is 22.4. The normalized spacial score (nSPS) is 12.1. The molecule has 7 heteroatoms. The minimum Gasteiger partial charge on any atom is -0.444 e. The van der Waals surface area contributed by atoms with Gasteiger partial charge in [-0.2, -0.15) is 5.10 Å². The minimum absolute atomic E-state index is 0.326. The zero-order valence-corrected chi connectivity index (χ0v) is 18.3. The number of nitrogens with one attached hydrogen (secondary N) is 2. The van der Waals surface area contributed by atoms with Crippen LogP contribution < -0.4 is 10.6 Å². The van der Waals surface area contributed by atoms with Crippen LogP contribution >= 0.6 is 0 Å². The first-order valence-electron chi connectivity index (χ1n) is 10.1. The lowest BCUT2D eigenvalue weighted by Gasteiger charge is -2.23. The Balaban J connectivity index is 1.76. The summed E-state index contributed by atoms with van der Waals surface area (Å²) in [6.45, 7) is 5.34. The summed E-state index contributed by atoms with van der Waals surface area (Å²) in [6, 6.07) is 18.1. The summed E-state index contributed by atoms with van der Waals surface area (Å²) in [4.78, 5) is 25.4. The summed E-state index contributed by atoms with van der Waals surface area (Å²) in [5.74, 6) is -0.326. The van der Waals surface area contributed by atoms with Crippen LogP contribution in [0.2, 0.25) is 0 Å². The number of alkyl carbamates (subject to hydrolysis) is 1. The van der Waals surface area contributed by atoms with Crippen molar-refractivity contribution in [3.63, 3.8) is 0 Å². The molecular formula is C24H28N4O3. The molecule has 0 spiro atoms. The van der Waals surface area contributed by atoms with E-state index in [0.717, 1.165) is 16.8 Å². The zero-order valence-electron chi connectivity index (χ0n) is 18.3. The van der Waals surface area contributed by atoms with Crippen molar-refractivity contribution in [2.45, 2.75) is 38.8 Å². The number of aromatic nitrogens is 2. The Morgan fingerprint density at radius 1 is 1.06 bits per heavy atom. The van der Waals surface area contributed by atoms with E-state index in [4.69, 9.17) is 4.74 Å².